The maximum atomic E-state index is 4.07. The van der Waals surface area contributed by atoms with Crippen molar-refractivity contribution in [2.75, 3.05) is 52.4 Å². The number of aromatic nitrogens is 16. The summed E-state index contributed by atoms with van der Waals surface area (Å²) in [4.78, 5) is 9.33. The Balaban J connectivity index is 1.31. The molecule has 36 heavy (non-hydrogen) atoms. The molecule has 20 nitrogen and oxygen atoms in total. The molecule has 1 aliphatic heterocycles. The third-order valence-corrected chi connectivity index (χ3v) is 5.98. The Morgan fingerprint density at radius 2 is 0.611 bits per heavy atom. The van der Waals surface area contributed by atoms with Crippen LogP contribution in [0.1, 0.15) is 23.3 Å². The van der Waals surface area contributed by atoms with Crippen molar-refractivity contribution >= 4 is 0 Å². The van der Waals surface area contributed by atoms with Crippen LogP contribution in [0.15, 0.2) is 0 Å². The molecule has 0 unspecified atom stereocenters. The van der Waals surface area contributed by atoms with E-state index < -0.39 is 0 Å². The Morgan fingerprint density at radius 1 is 0.389 bits per heavy atom. The number of rotatable bonds is 8. The lowest BCUT2D eigenvalue weighted by Crippen LogP contribution is -2.45. The van der Waals surface area contributed by atoms with Gasteiger partial charge in [0, 0.05) is 52.4 Å². The minimum atomic E-state index is 0.618. The van der Waals surface area contributed by atoms with E-state index in [-0.39, 0.29) is 0 Å². The van der Waals surface area contributed by atoms with Crippen molar-refractivity contribution in [2.45, 2.75) is 26.2 Å². The van der Waals surface area contributed by atoms with Crippen LogP contribution in [-0.4, -0.2) is 154 Å². The summed E-state index contributed by atoms with van der Waals surface area (Å²) in [6, 6.07) is 0. The van der Waals surface area contributed by atoms with Crippen LogP contribution in [0.4, 0.5) is 0 Å². The minimum Gasteiger partial charge on any atom is -0.293 e. The number of aromatic amines is 4. The van der Waals surface area contributed by atoms with Crippen molar-refractivity contribution in [2.24, 2.45) is 0 Å². The molecule has 0 spiro atoms. The quantitative estimate of drug-likeness (QED) is 0.181. The molecule has 1 fully saturated rings. The number of nitrogens with zero attached hydrogens (tertiary/aromatic N) is 16. The van der Waals surface area contributed by atoms with E-state index in [0.29, 0.717) is 26.2 Å². The van der Waals surface area contributed by atoms with Gasteiger partial charge in [-0.3, -0.25) is 19.6 Å². The molecule has 0 bridgehead atoms. The average Bonchev–Trinajstić information content (AvgIpc) is 3.69. The first-order valence-electron chi connectivity index (χ1n) is 11.6. The van der Waals surface area contributed by atoms with Gasteiger partial charge >= 0.3 is 0 Å². The first-order valence-corrected chi connectivity index (χ1v) is 11.6. The maximum Gasteiger partial charge on any atom is 0.162 e. The van der Waals surface area contributed by atoms with E-state index in [1.165, 1.54) is 0 Å². The molecule has 1 aliphatic rings. The number of tetrazole rings is 4. The summed E-state index contributed by atoms with van der Waals surface area (Å²) >= 11 is 0. The third-order valence-electron chi connectivity index (χ3n) is 5.98. The van der Waals surface area contributed by atoms with Gasteiger partial charge in [-0.15, -0.1) is 20.4 Å². The fourth-order valence-electron chi connectivity index (χ4n) is 4.04. The Morgan fingerprint density at radius 3 is 0.778 bits per heavy atom. The van der Waals surface area contributed by atoms with E-state index in [2.05, 4.69) is 102 Å². The molecule has 0 atom stereocenters. The number of hydrogen-bond acceptors (Lipinski definition) is 16. The largest absolute Gasteiger partial charge is 0.293 e. The van der Waals surface area contributed by atoms with Gasteiger partial charge in [-0.25, -0.2) is 20.4 Å². The fraction of sp³-hybridized carbons (Fsp3) is 0.750. The third kappa shape index (κ3) is 7.07. The second kappa shape index (κ2) is 12.2. The van der Waals surface area contributed by atoms with Crippen molar-refractivity contribution in [3.05, 3.63) is 23.3 Å². The summed E-state index contributed by atoms with van der Waals surface area (Å²) in [5.41, 5.74) is 0. The number of nitrogens with one attached hydrogen (secondary N) is 4. The molecule has 0 saturated carbocycles. The molecular weight excluding hydrogens is 472 g/mol. The molecule has 5 heterocycles. The van der Waals surface area contributed by atoms with E-state index in [1.54, 1.807) is 0 Å². The molecule has 1 saturated heterocycles. The SMILES string of the molecule is C1CN(Cc2nnn[nH]2)CCN(Cc2nnn[nH]2)CCN(Cc2nnn[nH]2)CCN1Cc1nnn[nH]1. The lowest BCUT2D eigenvalue weighted by atomic mass is 10.3. The second-order valence-corrected chi connectivity index (χ2v) is 8.50. The van der Waals surface area contributed by atoms with Gasteiger partial charge in [-0.2, -0.15) is 0 Å². The van der Waals surface area contributed by atoms with Gasteiger partial charge in [-0.1, -0.05) is 0 Å². The summed E-state index contributed by atoms with van der Waals surface area (Å²) < 4.78 is 0. The van der Waals surface area contributed by atoms with E-state index in [9.17, 15) is 0 Å². The molecule has 192 valence electrons. The van der Waals surface area contributed by atoms with Crippen molar-refractivity contribution in [3.8, 4) is 0 Å². The highest BCUT2D eigenvalue weighted by Crippen LogP contribution is 2.07. The molecule has 4 aromatic heterocycles. The first kappa shape index (κ1) is 23.8. The van der Waals surface area contributed by atoms with E-state index in [0.717, 1.165) is 75.7 Å². The lowest BCUT2D eigenvalue weighted by Gasteiger charge is -2.33. The zero-order chi connectivity index (χ0) is 24.4. The van der Waals surface area contributed by atoms with Gasteiger partial charge < -0.3 is 0 Å². The molecule has 0 radical (unpaired) electrons. The second-order valence-electron chi connectivity index (χ2n) is 8.50. The van der Waals surface area contributed by atoms with Crippen molar-refractivity contribution in [1.29, 1.82) is 0 Å². The molecule has 0 aliphatic carbocycles. The zero-order valence-electron chi connectivity index (χ0n) is 19.6. The van der Waals surface area contributed by atoms with Gasteiger partial charge in [0.15, 0.2) is 23.3 Å². The highest BCUT2D eigenvalue weighted by atomic mass is 15.5. The fourth-order valence-corrected chi connectivity index (χ4v) is 4.04. The van der Waals surface area contributed by atoms with Gasteiger partial charge in [-0.05, 0) is 41.7 Å². The molecule has 20 heteroatoms. The smallest absolute Gasteiger partial charge is 0.162 e. The summed E-state index contributed by atoms with van der Waals surface area (Å²) in [5.74, 6) is 2.91. The van der Waals surface area contributed by atoms with E-state index in [1.807, 2.05) is 0 Å². The lowest BCUT2D eigenvalue weighted by molar-refractivity contribution is 0.118. The summed E-state index contributed by atoms with van der Waals surface area (Å²) in [6.45, 7) is 8.96. The van der Waals surface area contributed by atoms with Crippen LogP contribution in [-0.2, 0) is 26.2 Å². The highest BCUT2D eigenvalue weighted by molar-refractivity contribution is 4.84. The van der Waals surface area contributed by atoms with Crippen LogP contribution in [0.25, 0.3) is 0 Å². The van der Waals surface area contributed by atoms with Crippen molar-refractivity contribution in [3.63, 3.8) is 0 Å². The summed E-state index contributed by atoms with van der Waals surface area (Å²) in [7, 11) is 0. The maximum absolute atomic E-state index is 4.07. The molecule has 0 aromatic carbocycles. The zero-order valence-corrected chi connectivity index (χ0v) is 19.6. The average molecular weight is 501 g/mol. The predicted molar refractivity (Wildman–Crippen MR) is 118 cm³/mol. The normalized spacial score (nSPS) is 18.2. The van der Waals surface area contributed by atoms with Crippen LogP contribution < -0.4 is 0 Å². The predicted octanol–water partition coefficient (Wildman–Crippen LogP) is -3.94. The van der Waals surface area contributed by atoms with Gasteiger partial charge in [0.25, 0.3) is 0 Å². The van der Waals surface area contributed by atoms with Gasteiger partial charge in [0.2, 0.25) is 0 Å². The molecule has 4 N–H and O–H groups in total. The minimum absolute atomic E-state index is 0.618. The summed E-state index contributed by atoms with van der Waals surface area (Å²) in [5, 5.41) is 57.5. The van der Waals surface area contributed by atoms with E-state index >= 15 is 0 Å². The van der Waals surface area contributed by atoms with Crippen LogP contribution in [0.2, 0.25) is 0 Å². The van der Waals surface area contributed by atoms with Gasteiger partial charge in [0.1, 0.15) is 0 Å². The Labute approximate surface area is 204 Å². The molecular formula is C16H28N20. The number of H-pyrrole nitrogens is 4. The monoisotopic (exact) mass is 500 g/mol. The highest BCUT2D eigenvalue weighted by Gasteiger charge is 2.20. The Kier molecular flexibility index (Phi) is 8.08. The molecule has 0 amide bonds. The topological polar surface area (TPSA) is 231 Å². The van der Waals surface area contributed by atoms with Crippen LogP contribution >= 0.6 is 0 Å². The van der Waals surface area contributed by atoms with Crippen LogP contribution in [0.5, 0.6) is 0 Å². The Bertz CT molecular complexity index is 884. The van der Waals surface area contributed by atoms with E-state index in [4.69, 9.17) is 0 Å². The van der Waals surface area contributed by atoms with Crippen molar-refractivity contribution < 1.29 is 0 Å². The Hall–Kier alpha value is -3.88. The van der Waals surface area contributed by atoms with Crippen molar-refractivity contribution in [1.82, 2.24) is 102 Å². The number of hydrogen-bond donors (Lipinski definition) is 4. The standard InChI is InChI=1S/C16H28N20/c1-2-34(10-14-19-27-28-20-14)5-6-36(12-16-23-31-32-24-16)8-7-35(11-15-21-29-30-22-15)4-3-33(1)9-13-17-25-26-18-13/h1-12H2,(H,17,18,25,26)(H,19,20,27,28)(H,21,22,29,30)(H,23,24,31,32). The molecule has 5 rings (SSSR count). The summed E-state index contributed by atoms with van der Waals surface area (Å²) in [6.07, 6.45) is 0. The molecule has 4 aromatic rings. The van der Waals surface area contributed by atoms with Crippen LogP contribution in [0, 0.1) is 0 Å². The van der Waals surface area contributed by atoms with Crippen LogP contribution in [0.3, 0.4) is 0 Å². The van der Waals surface area contributed by atoms with Gasteiger partial charge in [0.05, 0.1) is 26.2 Å². The first-order chi connectivity index (χ1) is 17.8.